The lowest BCUT2D eigenvalue weighted by Gasteiger charge is -2.13. The van der Waals surface area contributed by atoms with Crippen molar-refractivity contribution in [3.8, 4) is 0 Å². The maximum absolute atomic E-state index is 12.1. The van der Waals surface area contributed by atoms with E-state index < -0.39 is 0 Å². The standard InChI is InChI=1S/C21H26N2O2/c1-3-18-13-7-9-16(2)21(18)23-20(25)15-19(24)22-14-8-12-17-10-5-4-6-11-17/h4-7,9-11,13H,3,8,12,14-15H2,1-2H3,(H,22,24)(H,23,25). The van der Waals surface area contributed by atoms with E-state index in [9.17, 15) is 9.59 Å². The zero-order valence-electron chi connectivity index (χ0n) is 15.0. The zero-order chi connectivity index (χ0) is 18.1. The van der Waals surface area contributed by atoms with Crippen LogP contribution >= 0.6 is 0 Å². The van der Waals surface area contributed by atoms with Gasteiger partial charge < -0.3 is 10.6 Å². The number of para-hydroxylation sites is 1. The molecule has 0 atom stereocenters. The number of carbonyl (C=O) groups excluding carboxylic acids is 2. The molecule has 2 amide bonds. The molecule has 0 saturated carbocycles. The van der Waals surface area contributed by atoms with Gasteiger partial charge in [0.25, 0.3) is 0 Å². The van der Waals surface area contributed by atoms with Gasteiger partial charge in [-0.15, -0.1) is 0 Å². The summed E-state index contributed by atoms with van der Waals surface area (Å²) in [7, 11) is 0. The van der Waals surface area contributed by atoms with Crippen LogP contribution in [-0.2, 0) is 22.4 Å². The smallest absolute Gasteiger partial charge is 0.233 e. The van der Waals surface area contributed by atoms with E-state index in [0.717, 1.165) is 36.1 Å². The summed E-state index contributed by atoms with van der Waals surface area (Å²) in [5, 5.41) is 5.69. The lowest BCUT2D eigenvalue weighted by Crippen LogP contribution is -2.29. The molecule has 0 aliphatic rings. The highest BCUT2D eigenvalue weighted by atomic mass is 16.2. The maximum atomic E-state index is 12.1. The first-order valence-corrected chi connectivity index (χ1v) is 8.79. The topological polar surface area (TPSA) is 58.2 Å². The van der Waals surface area contributed by atoms with Gasteiger partial charge in [-0.3, -0.25) is 9.59 Å². The monoisotopic (exact) mass is 338 g/mol. The Labute approximate surface area is 149 Å². The van der Waals surface area contributed by atoms with Crippen molar-refractivity contribution in [2.45, 2.75) is 39.5 Å². The molecule has 4 heteroatoms. The molecule has 4 nitrogen and oxygen atoms in total. The van der Waals surface area contributed by atoms with Crippen LogP contribution in [0.1, 0.15) is 36.5 Å². The van der Waals surface area contributed by atoms with E-state index in [1.807, 2.05) is 50.2 Å². The molecule has 2 rings (SSSR count). The normalized spacial score (nSPS) is 10.3. The SMILES string of the molecule is CCc1cccc(C)c1NC(=O)CC(=O)NCCCc1ccccc1. The highest BCUT2D eigenvalue weighted by Gasteiger charge is 2.12. The third-order valence-corrected chi connectivity index (χ3v) is 4.13. The minimum atomic E-state index is -0.274. The molecule has 25 heavy (non-hydrogen) atoms. The van der Waals surface area contributed by atoms with Gasteiger partial charge in [0.15, 0.2) is 0 Å². The molecular weight excluding hydrogens is 312 g/mol. The van der Waals surface area contributed by atoms with E-state index >= 15 is 0 Å². The molecule has 0 saturated heterocycles. The van der Waals surface area contributed by atoms with Crippen molar-refractivity contribution in [1.29, 1.82) is 0 Å². The van der Waals surface area contributed by atoms with Crippen LogP contribution in [0.5, 0.6) is 0 Å². The van der Waals surface area contributed by atoms with Gasteiger partial charge in [-0.1, -0.05) is 55.5 Å². The Morgan fingerprint density at radius 2 is 1.72 bits per heavy atom. The van der Waals surface area contributed by atoms with E-state index in [1.165, 1.54) is 5.56 Å². The molecule has 0 unspecified atom stereocenters. The number of benzene rings is 2. The molecule has 2 aromatic carbocycles. The molecule has 0 aliphatic heterocycles. The third-order valence-electron chi connectivity index (χ3n) is 4.13. The van der Waals surface area contributed by atoms with Gasteiger partial charge in [0.1, 0.15) is 6.42 Å². The minimum Gasteiger partial charge on any atom is -0.356 e. The Kier molecular flexibility index (Phi) is 7.20. The number of nitrogens with one attached hydrogen (secondary N) is 2. The lowest BCUT2D eigenvalue weighted by molar-refractivity contribution is -0.126. The van der Waals surface area contributed by atoms with Crippen LogP contribution in [0.15, 0.2) is 48.5 Å². The van der Waals surface area contributed by atoms with Crippen LogP contribution in [0.2, 0.25) is 0 Å². The highest BCUT2D eigenvalue weighted by Crippen LogP contribution is 2.21. The second kappa shape index (κ2) is 9.62. The number of amides is 2. The maximum Gasteiger partial charge on any atom is 0.233 e. The van der Waals surface area contributed by atoms with E-state index in [1.54, 1.807) is 0 Å². The van der Waals surface area contributed by atoms with Crippen LogP contribution in [-0.4, -0.2) is 18.4 Å². The van der Waals surface area contributed by atoms with Crippen molar-refractivity contribution in [1.82, 2.24) is 5.32 Å². The first-order chi connectivity index (χ1) is 12.1. The van der Waals surface area contributed by atoms with E-state index in [-0.39, 0.29) is 18.2 Å². The fourth-order valence-electron chi connectivity index (χ4n) is 2.76. The molecular formula is C21H26N2O2. The van der Waals surface area contributed by atoms with Crippen LogP contribution in [0.4, 0.5) is 5.69 Å². The minimum absolute atomic E-state index is 0.150. The number of carbonyl (C=O) groups is 2. The second-order valence-electron chi connectivity index (χ2n) is 6.13. The van der Waals surface area contributed by atoms with Crippen molar-refractivity contribution in [2.24, 2.45) is 0 Å². The van der Waals surface area contributed by atoms with E-state index in [0.29, 0.717) is 6.54 Å². The molecule has 0 aromatic heterocycles. The third kappa shape index (κ3) is 6.07. The molecule has 0 spiro atoms. The van der Waals surface area contributed by atoms with Gasteiger partial charge in [0.05, 0.1) is 0 Å². The average molecular weight is 338 g/mol. The summed E-state index contributed by atoms with van der Waals surface area (Å²) in [4.78, 5) is 24.0. The first kappa shape index (κ1) is 18.7. The molecule has 2 aromatic rings. The summed E-state index contributed by atoms with van der Waals surface area (Å²) >= 11 is 0. The van der Waals surface area contributed by atoms with Gasteiger partial charge in [-0.05, 0) is 42.9 Å². The molecule has 0 fully saturated rings. The Hall–Kier alpha value is -2.62. The Bertz CT molecular complexity index is 711. The van der Waals surface area contributed by atoms with E-state index in [4.69, 9.17) is 0 Å². The van der Waals surface area contributed by atoms with Gasteiger partial charge in [0, 0.05) is 12.2 Å². The molecule has 0 heterocycles. The van der Waals surface area contributed by atoms with Crippen LogP contribution in [0, 0.1) is 6.92 Å². The van der Waals surface area contributed by atoms with Crippen molar-refractivity contribution in [3.63, 3.8) is 0 Å². The Morgan fingerprint density at radius 1 is 0.960 bits per heavy atom. The summed E-state index contributed by atoms with van der Waals surface area (Å²) in [6.07, 6.45) is 2.46. The fourth-order valence-corrected chi connectivity index (χ4v) is 2.76. The van der Waals surface area contributed by atoms with E-state index in [2.05, 4.69) is 22.8 Å². The number of hydrogen-bond acceptors (Lipinski definition) is 2. The number of hydrogen-bond donors (Lipinski definition) is 2. The average Bonchev–Trinajstić information content (AvgIpc) is 2.61. The lowest BCUT2D eigenvalue weighted by atomic mass is 10.1. The van der Waals surface area contributed by atoms with Gasteiger partial charge in [0.2, 0.25) is 11.8 Å². The molecule has 2 N–H and O–H groups in total. The molecule has 132 valence electrons. The van der Waals surface area contributed by atoms with Gasteiger partial charge >= 0.3 is 0 Å². The summed E-state index contributed by atoms with van der Waals surface area (Å²) in [6, 6.07) is 16.1. The number of anilines is 1. The predicted molar refractivity (Wildman–Crippen MR) is 102 cm³/mol. The summed E-state index contributed by atoms with van der Waals surface area (Å²) < 4.78 is 0. The van der Waals surface area contributed by atoms with Crippen LogP contribution in [0.3, 0.4) is 0 Å². The van der Waals surface area contributed by atoms with Gasteiger partial charge in [-0.2, -0.15) is 0 Å². The van der Waals surface area contributed by atoms with Crippen molar-refractivity contribution >= 4 is 17.5 Å². The summed E-state index contributed by atoms with van der Waals surface area (Å²) in [5.41, 5.74) is 4.17. The number of rotatable bonds is 8. The molecule has 0 aliphatic carbocycles. The summed E-state index contributed by atoms with van der Waals surface area (Å²) in [5.74, 6) is -0.512. The quantitative estimate of drug-likeness (QED) is 0.570. The summed E-state index contributed by atoms with van der Waals surface area (Å²) in [6.45, 7) is 4.58. The predicted octanol–water partition coefficient (Wildman–Crippen LogP) is 3.64. The Balaban J connectivity index is 1.74. The van der Waals surface area contributed by atoms with Crippen LogP contribution < -0.4 is 10.6 Å². The van der Waals surface area contributed by atoms with Crippen LogP contribution in [0.25, 0.3) is 0 Å². The van der Waals surface area contributed by atoms with Gasteiger partial charge in [-0.25, -0.2) is 0 Å². The second-order valence-corrected chi connectivity index (χ2v) is 6.13. The first-order valence-electron chi connectivity index (χ1n) is 8.79. The molecule has 0 bridgehead atoms. The number of aryl methyl sites for hydroxylation is 3. The Morgan fingerprint density at radius 3 is 2.44 bits per heavy atom. The highest BCUT2D eigenvalue weighted by molar-refractivity contribution is 6.04. The zero-order valence-corrected chi connectivity index (χ0v) is 15.0. The largest absolute Gasteiger partial charge is 0.356 e. The fraction of sp³-hybridized carbons (Fsp3) is 0.333. The van der Waals surface area contributed by atoms with Crippen molar-refractivity contribution in [2.75, 3.05) is 11.9 Å². The van der Waals surface area contributed by atoms with Crippen molar-refractivity contribution < 1.29 is 9.59 Å². The van der Waals surface area contributed by atoms with Crippen molar-refractivity contribution in [3.05, 3.63) is 65.2 Å². The molecule has 0 radical (unpaired) electrons.